The quantitative estimate of drug-likeness (QED) is 0.290. The summed E-state index contributed by atoms with van der Waals surface area (Å²) in [5, 5.41) is 8.93. The van der Waals surface area contributed by atoms with Gasteiger partial charge in [0.2, 0.25) is 0 Å². The van der Waals surface area contributed by atoms with Crippen molar-refractivity contribution >= 4 is 55.3 Å². The molecular weight excluding hydrogens is 576 g/mol. The summed E-state index contributed by atoms with van der Waals surface area (Å²) in [6.07, 6.45) is -10.0. The van der Waals surface area contributed by atoms with E-state index in [0.717, 1.165) is 12.1 Å². The third-order valence-corrected chi connectivity index (χ3v) is 5.98. The highest BCUT2D eigenvalue weighted by atomic mass is 79.9. The van der Waals surface area contributed by atoms with E-state index < -0.39 is 52.3 Å². The van der Waals surface area contributed by atoms with E-state index in [1.54, 1.807) is 0 Å². The molecule has 2 nitrogen and oxygen atoms in total. The summed E-state index contributed by atoms with van der Waals surface area (Å²) in [4.78, 5) is 11.0. The zero-order chi connectivity index (χ0) is 23.0. The molecule has 0 aromatic heterocycles. The fourth-order valence-corrected chi connectivity index (χ4v) is 3.82. The van der Waals surface area contributed by atoms with Gasteiger partial charge in [-0.2, -0.15) is 26.3 Å². The van der Waals surface area contributed by atoms with Gasteiger partial charge in [0.15, 0.2) is 0 Å². The molecule has 0 bridgehead atoms. The van der Waals surface area contributed by atoms with Crippen LogP contribution in [0.4, 0.5) is 30.7 Å². The summed E-state index contributed by atoms with van der Waals surface area (Å²) in [6, 6.07) is 3.29. The van der Waals surface area contributed by atoms with Crippen molar-refractivity contribution in [1.82, 2.24) is 0 Å². The largest absolute Gasteiger partial charge is 0.478 e. The summed E-state index contributed by atoms with van der Waals surface area (Å²) in [7, 11) is 0. The van der Waals surface area contributed by atoms with E-state index >= 15 is 0 Å². The Balaban J connectivity index is 2.62. The maximum Gasteiger partial charge on any atom is 0.417 e. The number of alkyl halides is 6. The van der Waals surface area contributed by atoms with Gasteiger partial charge in [-0.15, -0.1) is 0 Å². The van der Waals surface area contributed by atoms with Gasteiger partial charge >= 0.3 is 18.3 Å². The maximum atomic E-state index is 14.6. The van der Waals surface area contributed by atoms with E-state index in [2.05, 4.69) is 31.9 Å². The second-order valence-electron chi connectivity index (χ2n) is 5.90. The molecule has 1 N–H and O–H groups in total. The SMILES string of the molecule is O=C(O)c1ccc(/C(F)=C/C(c2cc(Br)c(Cl)c(Br)c2)C(F)(F)F)cc1C(F)(F)F. The average molecular weight is 585 g/mol. The fourth-order valence-electron chi connectivity index (χ4n) is 2.49. The number of hydrogen-bond acceptors (Lipinski definition) is 1. The summed E-state index contributed by atoms with van der Waals surface area (Å²) in [6.45, 7) is 0. The van der Waals surface area contributed by atoms with Crippen LogP contribution in [-0.4, -0.2) is 17.3 Å². The van der Waals surface area contributed by atoms with Crippen LogP contribution in [0.15, 0.2) is 45.4 Å². The third kappa shape index (κ3) is 5.55. The minimum absolute atomic E-state index is 0.0724. The summed E-state index contributed by atoms with van der Waals surface area (Å²) in [5.74, 6) is -6.04. The molecule has 2 aromatic carbocycles. The number of carboxylic acid groups (broad SMARTS) is 1. The Labute approximate surface area is 186 Å². The Morgan fingerprint density at radius 3 is 2.00 bits per heavy atom. The lowest BCUT2D eigenvalue weighted by molar-refractivity contribution is -0.140. The number of allylic oxidation sites excluding steroid dienone is 1. The molecule has 0 aliphatic carbocycles. The highest BCUT2D eigenvalue weighted by Crippen LogP contribution is 2.42. The molecule has 1 atom stereocenters. The number of benzene rings is 2. The van der Waals surface area contributed by atoms with Crippen molar-refractivity contribution in [2.75, 3.05) is 0 Å². The van der Waals surface area contributed by atoms with E-state index in [0.29, 0.717) is 12.1 Å². The van der Waals surface area contributed by atoms with Gasteiger partial charge in [-0.25, -0.2) is 9.18 Å². The number of aromatic carboxylic acids is 1. The predicted octanol–water partition coefficient (Wildman–Crippen LogP) is 8.24. The molecule has 0 saturated carbocycles. The van der Waals surface area contributed by atoms with Crippen LogP contribution in [0.25, 0.3) is 5.83 Å². The Kier molecular flexibility index (Phi) is 7.30. The van der Waals surface area contributed by atoms with Gasteiger partial charge in [0.1, 0.15) is 11.7 Å². The first-order valence-corrected chi connectivity index (χ1v) is 9.62. The topological polar surface area (TPSA) is 37.3 Å². The van der Waals surface area contributed by atoms with Gasteiger partial charge in [0.05, 0.1) is 16.1 Å². The van der Waals surface area contributed by atoms with Gasteiger partial charge in [-0.05, 0) is 67.8 Å². The van der Waals surface area contributed by atoms with E-state index in [-0.39, 0.29) is 26.1 Å². The normalized spacial score (nSPS) is 14.0. The first-order chi connectivity index (χ1) is 13.6. The minimum atomic E-state index is -5.15. The van der Waals surface area contributed by atoms with Crippen molar-refractivity contribution in [3.8, 4) is 0 Å². The van der Waals surface area contributed by atoms with Gasteiger partial charge in [-0.1, -0.05) is 17.7 Å². The van der Waals surface area contributed by atoms with E-state index in [1.807, 2.05) is 0 Å². The fraction of sp³-hybridized carbons (Fsp3) is 0.167. The van der Waals surface area contributed by atoms with Crippen molar-refractivity contribution in [1.29, 1.82) is 0 Å². The molecule has 0 fully saturated rings. The standard InChI is InChI=1S/C18H8Br2ClF7O2/c19-12-4-8(5-13(20)15(12)21)10(17(23,24)25)6-14(22)7-1-2-9(16(29)30)11(3-7)18(26,27)28/h1-6,10H,(H,29,30)/b14-6-. The molecule has 30 heavy (non-hydrogen) atoms. The molecule has 0 heterocycles. The summed E-state index contributed by atoms with van der Waals surface area (Å²) >= 11 is 11.8. The lowest BCUT2D eigenvalue weighted by Crippen LogP contribution is -2.19. The summed E-state index contributed by atoms with van der Waals surface area (Å²) in [5.41, 5.74) is -4.12. The molecule has 2 rings (SSSR count). The predicted molar refractivity (Wildman–Crippen MR) is 103 cm³/mol. The molecule has 1 unspecified atom stereocenters. The monoisotopic (exact) mass is 582 g/mol. The second-order valence-corrected chi connectivity index (χ2v) is 7.98. The zero-order valence-electron chi connectivity index (χ0n) is 14.2. The molecule has 12 heteroatoms. The Hall–Kier alpha value is -1.59. The van der Waals surface area contributed by atoms with Crippen molar-refractivity contribution in [2.24, 2.45) is 0 Å². The van der Waals surface area contributed by atoms with Crippen LogP contribution in [0.2, 0.25) is 5.02 Å². The van der Waals surface area contributed by atoms with Gasteiger partial charge in [0, 0.05) is 14.5 Å². The first kappa shape index (κ1) is 24.7. The van der Waals surface area contributed by atoms with Gasteiger partial charge in [-0.3, -0.25) is 0 Å². The number of carboxylic acids is 1. The van der Waals surface area contributed by atoms with Crippen LogP contribution < -0.4 is 0 Å². The highest BCUT2D eigenvalue weighted by molar-refractivity contribution is 9.11. The van der Waals surface area contributed by atoms with Crippen LogP contribution in [0, 0.1) is 0 Å². The maximum absolute atomic E-state index is 14.6. The number of hydrogen-bond donors (Lipinski definition) is 1. The zero-order valence-corrected chi connectivity index (χ0v) is 18.1. The van der Waals surface area contributed by atoms with Crippen molar-refractivity contribution in [3.05, 3.63) is 72.6 Å². The van der Waals surface area contributed by atoms with Crippen LogP contribution in [-0.2, 0) is 6.18 Å². The molecule has 162 valence electrons. The first-order valence-electron chi connectivity index (χ1n) is 7.66. The Bertz CT molecular complexity index is 994. The molecule has 0 amide bonds. The second kappa shape index (κ2) is 8.88. The molecular formula is C18H8Br2ClF7O2. The molecule has 0 saturated heterocycles. The molecule has 0 spiro atoms. The Morgan fingerprint density at radius 2 is 1.57 bits per heavy atom. The van der Waals surface area contributed by atoms with Crippen LogP contribution in [0.5, 0.6) is 0 Å². The van der Waals surface area contributed by atoms with Crippen molar-refractivity contribution < 1.29 is 40.6 Å². The third-order valence-electron chi connectivity index (χ3n) is 3.86. The lowest BCUT2D eigenvalue weighted by atomic mass is 9.95. The molecule has 2 aromatic rings. The average Bonchev–Trinajstić information content (AvgIpc) is 2.61. The van der Waals surface area contributed by atoms with Gasteiger partial charge in [0.25, 0.3) is 0 Å². The van der Waals surface area contributed by atoms with E-state index in [4.69, 9.17) is 16.7 Å². The summed E-state index contributed by atoms with van der Waals surface area (Å²) < 4.78 is 94.7. The minimum Gasteiger partial charge on any atom is -0.478 e. The number of halogens is 10. The van der Waals surface area contributed by atoms with Crippen molar-refractivity contribution in [3.63, 3.8) is 0 Å². The molecule has 0 aliphatic rings. The van der Waals surface area contributed by atoms with Gasteiger partial charge < -0.3 is 5.11 Å². The smallest absolute Gasteiger partial charge is 0.417 e. The van der Waals surface area contributed by atoms with Crippen LogP contribution in [0.3, 0.4) is 0 Å². The van der Waals surface area contributed by atoms with Crippen molar-refractivity contribution in [2.45, 2.75) is 18.3 Å². The molecule has 0 radical (unpaired) electrons. The highest BCUT2D eigenvalue weighted by Gasteiger charge is 2.41. The van der Waals surface area contributed by atoms with Crippen LogP contribution >= 0.6 is 43.5 Å². The Morgan fingerprint density at radius 1 is 1.03 bits per heavy atom. The van der Waals surface area contributed by atoms with Crippen LogP contribution in [0.1, 0.15) is 33.0 Å². The van der Waals surface area contributed by atoms with E-state index in [9.17, 15) is 35.5 Å². The lowest BCUT2D eigenvalue weighted by Gasteiger charge is -2.19. The molecule has 0 aliphatic heterocycles. The number of carbonyl (C=O) groups is 1. The number of rotatable bonds is 4. The van der Waals surface area contributed by atoms with E-state index in [1.165, 1.54) is 0 Å².